The average Bonchev–Trinajstić information content (AvgIpc) is 3.15. The zero-order chi connectivity index (χ0) is 16.4. The molecule has 0 aromatic carbocycles. The standard InChI is InChI=1S/C16H24N6O/c1-4-6-13-19-14-12(9-18-21(14)3)15(20-13)22-8-7-11(10-22)16(23)17-5-2/h9,11H,4-8,10H2,1-3H3,(H,17,23). The molecule has 1 unspecified atom stereocenters. The Morgan fingerprint density at radius 1 is 1.39 bits per heavy atom. The summed E-state index contributed by atoms with van der Waals surface area (Å²) in [5.74, 6) is 1.94. The van der Waals surface area contributed by atoms with Gasteiger partial charge in [0, 0.05) is 33.1 Å². The zero-order valence-electron chi connectivity index (χ0n) is 14.0. The van der Waals surface area contributed by atoms with Crippen LogP contribution in [-0.4, -0.2) is 45.3 Å². The van der Waals surface area contributed by atoms with Crippen molar-refractivity contribution in [3.63, 3.8) is 0 Å². The molecular weight excluding hydrogens is 292 g/mol. The molecule has 0 spiro atoms. The van der Waals surface area contributed by atoms with Crippen LogP contribution in [-0.2, 0) is 18.3 Å². The van der Waals surface area contributed by atoms with E-state index in [9.17, 15) is 4.79 Å². The summed E-state index contributed by atoms with van der Waals surface area (Å²) in [6.45, 7) is 6.30. The quantitative estimate of drug-likeness (QED) is 0.899. The van der Waals surface area contributed by atoms with Crippen molar-refractivity contribution in [1.29, 1.82) is 0 Å². The largest absolute Gasteiger partial charge is 0.356 e. The number of aromatic nitrogens is 4. The summed E-state index contributed by atoms with van der Waals surface area (Å²) < 4.78 is 1.79. The Bertz CT molecular complexity index is 710. The molecule has 7 heteroatoms. The third-order valence-corrected chi connectivity index (χ3v) is 4.30. The number of rotatable bonds is 5. The predicted octanol–water partition coefficient (Wildman–Crippen LogP) is 1.28. The first kappa shape index (κ1) is 15.7. The Balaban J connectivity index is 1.91. The highest BCUT2D eigenvalue weighted by Crippen LogP contribution is 2.28. The minimum atomic E-state index is 0.0336. The van der Waals surface area contributed by atoms with Gasteiger partial charge in [0.05, 0.1) is 17.5 Å². The zero-order valence-corrected chi connectivity index (χ0v) is 14.0. The van der Waals surface area contributed by atoms with Gasteiger partial charge in [-0.3, -0.25) is 9.48 Å². The molecule has 0 aliphatic carbocycles. The summed E-state index contributed by atoms with van der Waals surface area (Å²) in [4.78, 5) is 23.7. The van der Waals surface area contributed by atoms with Gasteiger partial charge >= 0.3 is 0 Å². The van der Waals surface area contributed by atoms with E-state index in [0.717, 1.165) is 48.5 Å². The number of carbonyl (C=O) groups excluding carboxylic acids is 1. The lowest BCUT2D eigenvalue weighted by Crippen LogP contribution is -2.32. The first-order valence-corrected chi connectivity index (χ1v) is 8.35. The van der Waals surface area contributed by atoms with E-state index in [1.807, 2.05) is 20.2 Å². The predicted molar refractivity (Wildman–Crippen MR) is 89.3 cm³/mol. The van der Waals surface area contributed by atoms with Crippen LogP contribution in [0.25, 0.3) is 11.0 Å². The molecule has 0 bridgehead atoms. The smallest absolute Gasteiger partial charge is 0.224 e. The number of carbonyl (C=O) groups is 1. The number of hydrogen-bond acceptors (Lipinski definition) is 5. The van der Waals surface area contributed by atoms with Crippen molar-refractivity contribution in [2.45, 2.75) is 33.1 Å². The van der Waals surface area contributed by atoms with E-state index in [1.54, 1.807) is 4.68 Å². The van der Waals surface area contributed by atoms with Crippen molar-refractivity contribution in [1.82, 2.24) is 25.1 Å². The summed E-state index contributed by atoms with van der Waals surface area (Å²) in [7, 11) is 1.90. The van der Waals surface area contributed by atoms with Crippen molar-refractivity contribution in [2.75, 3.05) is 24.5 Å². The Labute approximate surface area is 136 Å². The first-order valence-electron chi connectivity index (χ1n) is 8.35. The third-order valence-electron chi connectivity index (χ3n) is 4.30. The van der Waals surface area contributed by atoms with E-state index >= 15 is 0 Å². The number of nitrogens with zero attached hydrogens (tertiary/aromatic N) is 5. The number of nitrogens with one attached hydrogen (secondary N) is 1. The monoisotopic (exact) mass is 316 g/mol. The second kappa shape index (κ2) is 6.52. The van der Waals surface area contributed by atoms with Crippen molar-refractivity contribution < 1.29 is 4.79 Å². The normalized spacial score (nSPS) is 17.9. The van der Waals surface area contributed by atoms with Crippen molar-refractivity contribution in [3.8, 4) is 0 Å². The molecule has 0 radical (unpaired) electrons. The van der Waals surface area contributed by atoms with Crippen LogP contribution in [0.3, 0.4) is 0 Å². The van der Waals surface area contributed by atoms with Gasteiger partial charge in [0.2, 0.25) is 5.91 Å². The molecule has 1 aliphatic heterocycles. The van der Waals surface area contributed by atoms with Crippen LogP contribution in [0.5, 0.6) is 0 Å². The summed E-state index contributed by atoms with van der Waals surface area (Å²) in [6.07, 6.45) is 4.53. The fourth-order valence-corrected chi connectivity index (χ4v) is 3.11. The molecule has 23 heavy (non-hydrogen) atoms. The fraction of sp³-hybridized carbons (Fsp3) is 0.625. The van der Waals surface area contributed by atoms with Gasteiger partial charge < -0.3 is 10.2 Å². The van der Waals surface area contributed by atoms with Gasteiger partial charge in [0.25, 0.3) is 0 Å². The number of amides is 1. The molecule has 1 N–H and O–H groups in total. The second-order valence-corrected chi connectivity index (χ2v) is 6.05. The summed E-state index contributed by atoms with van der Waals surface area (Å²) in [6, 6.07) is 0. The molecule has 1 fully saturated rings. The van der Waals surface area contributed by atoms with Gasteiger partial charge in [-0.15, -0.1) is 0 Å². The van der Waals surface area contributed by atoms with E-state index in [0.29, 0.717) is 13.1 Å². The maximum atomic E-state index is 12.1. The lowest BCUT2D eigenvalue weighted by atomic mass is 10.1. The van der Waals surface area contributed by atoms with Crippen LogP contribution in [0.15, 0.2) is 6.20 Å². The Morgan fingerprint density at radius 3 is 2.96 bits per heavy atom. The number of fused-ring (bicyclic) bond motifs is 1. The van der Waals surface area contributed by atoms with Crippen molar-refractivity contribution >= 4 is 22.8 Å². The highest BCUT2D eigenvalue weighted by molar-refractivity contribution is 5.88. The summed E-state index contributed by atoms with van der Waals surface area (Å²) >= 11 is 0. The van der Waals surface area contributed by atoms with E-state index < -0.39 is 0 Å². The van der Waals surface area contributed by atoms with Gasteiger partial charge in [-0.25, -0.2) is 9.97 Å². The number of aryl methyl sites for hydroxylation is 2. The first-order chi connectivity index (χ1) is 11.1. The van der Waals surface area contributed by atoms with Gasteiger partial charge in [-0.2, -0.15) is 5.10 Å². The molecule has 2 aromatic heterocycles. The molecule has 3 heterocycles. The molecule has 1 atom stereocenters. The van der Waals surface area contributed by atoms with Gasteiger partial charge in [0.15, 0.2) is 5.65 Å². The SMILES string of the molecule is CCCc1nc(N2CCC(C(=O)NCC)C2)c2cnn(C)c2n1. The number of anilines is 1. The van der Waals surface area contributed by atoms with Gasteiger partial charge in [-0.1, -0.05) is 6.92 Å². The highest BCUT2D eigenvalue weighted by Gasteiger charge is 2.30. The van der Waals surface area contributed by atoms with E-state index in [4.69, 9.17) is 4.98 Å². The minimum Gasteiger partial charge on any atom is -0.356 e. The molecule has 1 saturated heterocycles. The van der Waals surface area contributed by atoms with E-state index in [1.165, 1.54) is 0 Å². The van der Waals surface area contributed by atoms with Crippen LogP contribution >= 0.6 is 0 Å². The van der Waals surface area contributed by atoms with E-state index in [2.05, 4.69) is 27.2 Å². The van der Waals surface area contributed by atoms with Crippen LogP contribution in [0.4, 0.5) is 5.82 Å². The second-order valence-electron chi connectivity index (χ2n) is 6.05. The summed E-state index contributed by atoms with van der Waals surface area (Å²) in [5.41, 5.74) is 0.861. The fourth-order valence-electron chi connectivity index (χ4n) is 3.11. The molecule has 1 amide bonds. The average molecular weight is 316 g/mol. The van der Waals surface area contributed by atoms with Crippen molar-refractivity contribution in [2.24, 2.45) is 13.0 Å². The van der Waals surface area contributed by atoms with Crippen LogP contribution in [0.2, 0.25) is 0 Å². The van der Waals surface area contributed by atoms with Crippen LogP contribution in [0, 0.1) is 5.92 Å². The Morgan fingerprint density at radius 2 is 2.22 bits per heavy atom. The topological polar surface area (TPSA) is 75.9 Å². The molecule has 7 nitrogen and oxygen atoms in total. The maximum absolute atomic E-state index is 12.1. The molecule has 124 valence electrons. The lowest BCUT2D eigenvalue weighted by Gasteiger charge is -2.19. The van der Waals surface area contributed by atoms with Gasteiger partial charge in [-0.05, 0) is 19.8 Å². The Hall–Kier alpha value is -2.18. The molecular formula is C16H24N6O. The number of hydrogen-bond donors (Lipinski definition) is 1. The Kier molecular flexibility index (Phi) is 4.45. The molecule has 3 rings (SSSR count). The molecule has 0 saturated carbocycles. The lowest BCUT2D eigenvalue weighted by molar-refractivity contribution is -0.124. The summed E-state index contributed by atoms with van der Waals surface area (Å²) in [5, 5.41) is 8.20. The minimum absolute atomic E-state index is 0.0336. The highest BCUT2D eigenvalue weighted by atomic mass is 16.1. The van der Waals surface area contributed by atoms with Crippen LogP contribution < -0.4 is 10.2 Å². The van der Waals surface area contributed by atoms with Gasteiger partial charge in [0.1, 0.15) is 11.6 Å². The van der Waals surface area contributed by atoms with Crippen LogP contribution in [0.1, 0.15) is 32.5 Å². The molecule has 2 aromatic rings. The van der Waals surface area contributed by atoms with Crippen molar-refractivity contribution in [3.05, 3.63) is 12.0 Å². The molecule has 1 aliphatic rings. The van der Waals surface area contributed by atoms with E-state index in [-0.39, 0.29) is 11.8 Å². The third kappa shape index (κ3) is 3.00. The maximum Gasteiger partial charge on any atom is 0.224 e.